The lowest BCUT2D eigenvalue weighted by Crippen LogP contribution is -2.52. The van der Waals surface area contributed by atoms with Gasteiger partial charge in [-0.3, -0.25) is 18.6 Å². The van der Waals surface area contributed by atoms with Gasteiger partial charge in [-0.25, -0.2) is 9.59 Å². The van der Waals surface area contributed by atoms with Crippen LogP contribution in [0.5, 0.6) is 0 Å². The summed E-state index contributed by atoms with van der Waals surface area (Å²) < 4.78 is 54.7. The zero-order valence-corrected chi connectivity index (χ0v) is 39.7. The van der Waals surface area contributed by atoms with Crippen LogP contribution < -0.4 is 10.6 Å². The molecule has 19 nitrogen and oxygen atoms in total. The van der Waals surface area contributed by atoms with Gasteiger partial charge in [0.05, 0.1) is 31.3 Å². The smallest absolute Gasteiger partial charge is 0.410 e. The Morgan fingerprint density at radius 1 is 0.688 bits per heavy atom. The van der Waals surface area contributed by atoms with Crippen LogP contribution in [-0.2, 0) is 52.4 Å². The molecule has 362 valence electrons. The summed E-state index contributed by atoms with van der Waals surface area (Å²) in [5.74, 6) is 1.71. The topological polar surface area (TPSA) is 212 Å². The van der Waals surface area contributed by atoms with Gasteiger partial charge in [-0.1, -0.05) is 17.7 Å². The second kappa shape index (κ2) is 25.0. The molecule has 6 heterocycles. The fourth-order valence-electron chi connectivity index (χ4n) is 6.83. The summed E-state index contributed by atoms with van der Waals surface area (Å²) in [6, 6.07) is 6.55. The first-order valence-electron chi connectivity index (χ1n) is 22.4. The molecule has 0 bridgehead atoms. The van der Waals surface area contributed by atoms with E-state index in [-0.39, 0.29) is 67.1 Å². The number of morpholine rings is 3. The molecule has 20 heteroatoms. The number of ether oxygens (including phenoxy) is 5. The van der Waals surface area contributed by atoms with Gasteiger partial charge >= 0.3 is 12.2 Å². The standard InChI is InChI=1S/C17H25NO5S.C14H24N2O4.C9H16N2O2.C4H7NO2/c1-13-5-7-15(8-6-13)24(20,21)22-10-9-14-11-18(12-14)16(19)23-17(2,3)4;1-14(2,3)20-13(18)16-8-11(9-16)4-5-15-6-7-19-10-12(15)17;12-9-7-13-4-3-11(9)2-1-8-5-10-6-8;6-4-3-7-2-1-5-4/h5-8,14H,9-12H2,1-4H3;11H,4-10H2,1-3H3;8,10H,1-7H2;1-3H2,(H,5,6). The highest BCUT2D eigenvalue weighted by molar-refractivity contribution is 7.86. The van der Waals surface area contributed by atoms with Crippen molar-refractivity contribution in [1.82, 2.24) is 30.2 Å². The van der Waals surface area contributed by atoms with Crippen molar-refractivity contribution in [2.24, 2.45) is 17.8 Å². The first kappa shape index (κ1) is 52.5. The predicted octanol–water partition coefficient (Wildman–Crippen LogP) is 2.65. The lowest BCUT2D eigenvalue weighted by molar-refractivity contribution is -0.143. The van der Waals surface area contributed by atoms with Gasteiger partial charge < -0.3 is 53.9 Å². The maximum atomic E-state index is 12.1. The summed E-state index contributed by atoms with van der Waals surface area (Å²) in [6.07, 6.45) is 2.09. The normalized spacial score (nSPS) is 19.8. The molecule has 1 aromatic rings. The predicted molar refractivity (Wildman–Crippen MR) is 236 cm³/mol. The highest BCUT2D eigenvalue weighted by atomic mass is 32.2. The van der Waals surface area contributed by atoms with Crippen LogP contribution in [0.25, 0.3) is 0 Å². The molecule has 0 spiro atoms. The molecule has 0 aliphatic carbocycles. The van der Waals surface area contributed by atoms with Crippen LogP contribution in [-0.4, -0.2) is 187 Å². The second-order valence-corrected chi connectivity index (χ2v) is 20.4. The minimum absolute atomic E-state index is 0.00810. The van der Waals surface area contributed by atoms with E-state index in [0.29, 0.717) is 58.3 Å². The fraction of sp³-hybridized carbons (Fsp3) is 0.750. The number of benzene rings is 1. The molecule has 6 aliphatic rings. The maximum absolute atomic E-state index is 12.1. The van der Waals surface area contributed by atoms with Gasteiger partial charge in [0.25, 0.3) is 10.1 Å². The lowest BCUT2D eigenvalue weighted by Gasteiger charge is -2.40. The number of carbonyl (C=O) groups excluding carboxylic acids is 5. The van der Waals surface area contributed by atoms with Gasteiger partial charge in [0, 0.05) is 58.9 Å². The molecule has 0 atom stereocenters. The van der Waals surface area contributed by atoms with E-state index in [0.717, 1.165) is 70.1 Å². The van der Waals surface area contributed by atoms with Crippen LogP contribution in [0.3, 0.4) is 0 Å². The van der Waals surface area contributed by atoms with Crippen molar-refractivity contribution in [3.8, 4) is 0 Å². The van der Waals surface area contributed by atoms with E-state index in [1.54, 1.807) is 21.9 Å². The molecule has 6 saturated heterocycles. The average Bonchev–Trinajstić information content (AvgIpc) is 3.16. The quantitative estimate of drug-likeness (QED) is 0.306. The number of aryl methyl sites for hydroxylation is 1. The number of hydrogen-bond acceptors (Lipinski definition) is 14. The van der Waals surface area contributed by atoms with Gasteiger partial charge in [-0.2, -0.15) is 8.42 Å². The zero-order chi connectivity index (χ0) is 46.9. The summed E-state index contributed by atoms with van der Waals surface area (Å²) in [7, 11) is -3.72. The monoisotopic (exact) mass is 924 g/mol. The van der Waals surface area contributed by atoms with Gasteiger partial charge in [0.1, 0.15) is 31.0 Å². The minimum Gasteiger partial charge on any atom is -0.444 e. The number of likely N-dealkylation sites (tertiary alicyclic amines) is 2. The van der Waals surface area contributed by atoms with Crippen molar-refractivity contribution in [2.75, 3.05) is 118 Å². The number of nitrogens with one attached hydrogen (secondary N) is 2. The number of nitrogens with zero attached hydrogens (tertiary/aromatic N) is 4. The molecule has 64 heavy (non-hydrogen) atoms. The molecule has 7 rings (SSSR count). The first-order valence-corrected chi connectivity index (χ1v) is 23.8. The molecule has 0 radical (unpaired) electrons. The number of rotatable bonds is 11. The molecule has 0 unspecified atom stereocenters. The molecule has 0 aromatic heterocycles. The van der Waals surface area contributed by atoms with Crippen molar-refractivity contribution in [1.29, 1.82) is 0 Å². The molecular formula is C44H72N6O13S. The molecule has 6 fully saturated rings. The highest BCUT2D eigenvalue weighted by Gasteiger charge is 2.35. The van der Waals surface area contributed by atoms with E-state index in [1.807, 2.05) is 58.3 Å². The Balaban J connectivity index is 0.000000201. The molecule has 0 saturated carbocycles. The number of carbonyl (C=O) groups is 5. The Labute approximate surface area is 379 Å². The third-order valence-corrected chi connectivity index (χ3v) is 12.1. The van der Waals surface area contributed by atoms with Gasteiger partial charge in [-0.05, 0) is 111 Å². The van der Waals surface area contributed by atoms with E-state index in [9.17, 15) is 32.4 Å². The Kier molecular flexibility index (Phi) is 20.5. The Morgan fingerprint density at radius 2 is 1.16 bits per heavy atom. The Morgan fingerprint density at radius 3 is 1.55 bits per heavy atom. The molecule has 6 aliphatic heterocycles. The van der Waals surface area contributed by atoms with E-state index in [4.69, 9.17) is 27.9 Å². The molecule has 5 amide bonds. The third kappa shape index (κ3) is 19.2. The zero-order valence-electron chi connectivity index (χ0n) is 38.9. The second-order valence-electron chi connectivity index (χ2n) is 18.8. The summed E-state index contributed by atoms with van der Waals surface area (Å²) in [5, 5.41) is 5.85. The third-order valence-electron chi connectivity index (χ3n) is 10.7. The van der Waals surface area contributed by atoms with Crippen molar-refractivity contribution >= 4 is 40.0 Å². The first-order chi connectivity index (χ1) is 30.2. The SMILES string of the molecule is CC(C)(C)OC(=O)N1CC(CCN2CCOCC2=O)C1.Cc1ccc(S(=O)(=O)OCCC2CN(C(=O)OC(C)(C)C)C2)cc1.O=C1COCCN1.O=C1COCCN1CCC1CNC1. The van der Waals surface area contributed by atoms with Gasteiger partial charge in [0.15, 0.2) is 0 Å². The minimum atomic E-state index is -3.72. The van der Waals surface area contributed by atoms with Crippen LogP contribution in [0, 0.1) is 24.7 Å². The van der Waals surface area contributed by atoms with Crippen LogP contribution in [0.1, 0.15) is 66.4 Å². The van der Waals surface area contributed by atoms with E-state index >= 15 is 0 Å². The van der Waals surface area contributed by atoms with Crippen LogP contribution >= 0.6 is 0 Å². The molecule has 1 aromatic carbocycles. The van der Waals surface area contributed by atoms with Crippen LogP contribution in [0.15, 0.2) is 29.2 Å². The Hall–Kier alpha value is -4.08. The van der Waals surface area contributed by atoms with E-state index < -0.39 is 21.3 Å². The Bertz CT molecular complexity index is 1760. The van der Waals surface area contributed by atoms with E-state index in [2.05, 4.69) is 10.6 Å². The largest absolute Gasteiger partial charge is 0.444 e. The highest BCUT2D eigenvalue weighted by Crippen LogP contribution is 2.24. The summed E-state index contributed by atoms with van der Waals surface area (Å²) in [6.45, 7) is 24.4. The van der Waals surface area contributed by atoms with Crippen LogP contribution in [0.4, 0.5) is 9.59 Å². The summed E-state index contributed by atoms with van der Waals surface area (Å²) in [5.41, 5.74) is 0.0427. The number of hydrogen-bond donors (Lipinski definition) is 2. The average molecular weight is 925 g/mol. The summed E-state index contributed by atoms with van der Waals surface area (Å²) >= 11 is 0. The van der Waals surface area contributed by atoms with Gasteiger partial charge in [0.2, 0.25) is 17.7 Å². The summed E-state index contributed by atoms with van der Waals surface area (Å²) in [4.78, 5) is 63.9. The fourth-order valence-corrected chi connectivity index (χ4v) is 7.76. The van der Waals surface area contributed by atoms with Gasteiger partial charge in [-0.15, -0.1) is 0 Å². The van der Waals surface area contributed by atoms with Crippen molar-refractivity contribution < 1.29 is 60.3 Å². The maximum Gasteiger partial charge on any atom is 0.410 e. The van der Waals surface area contributed by atoms with Crippen LogP contribution in [0.2, 0.25) is 0 Å². The molecule has 2 N–H and O–H groups in total. The number of amides is 5. The van der Waals surface area contributed by atoms with Crippen molar-refractivity contribution in [2.45, 2.75) is 83.8 Å². The lowest BCUT2D eigenvalue weighted by atomic mass is 9.96. The molecular weight excluding hydrogens is 853 g/mol. The van der Waals surface area contributed by atoms with E-state index in [1.165, 1.54) is 12.1 Å². The van der Waals surface area contributed by atoms with Crippen molar-refractivity contribution in [3.05, 3.63) is 29.8 Å². The van der Waals surface area contributed by atoms with Crippen molar-refractivity contribution in [3.63, 3.8) is 0 Å².